The molecule has 1 amide bonds. The highest BCUT2D eigenvalue weighted by Crippen LogP contribution is 2.20. The Balaban J connectivity index is 2.33. The maximum absolute atomic E-state index is 12.0. The predicted octanol–water partition coefficient (Wildman–Crippen LogP) is 0.867. The number of esters is 1. The van der Waals surface area contributed by atoms with Crippen LogP contribution in [-0.2, 0) is 14.3 Å². The molecule has 0 aromatic heterocycles. The Morgan fingerprint density at radius 3 is 2.22 bits per heavy atom. The van der Waals surface area contributed by atoms with Gasteiger partial charge in [0, 0.05) is 32.7 Å². The SMILES string of the molecule is COC(=O)CCN1CCN(C(=O)C(C)(C)Br)CC1. The van der Waals surface area contributed by atoms with Crippen molar-refractivity contribution in [1.29, 1.82) is 0 Å². The molecule has 0 aliphatic carbocycles. The molecule has 0 saturated carbocycles. The number of halogens is 1. The maximum Gasteiger partial charge on any atom is 0.306 e. The lowest BCUT2D eigenvalue weighted by Crippen LogP contribution is -2.52. The van der Waals surface area contributed by atoms with E-state index in [1.54, 1.807) is 0 Å². The van der Waals surface area contributed by atoms with Gasteiger partial charge in [-0.15, -0.1) is 0 Å². The minimum Gasteiger partial charge on any atom is -0.469 e. The molecule has 1 saturated heterocycles. The average molecular weight is 321 g/mol. The summed E-state index contributed by atoms with van der Waals surface area (Å²) in [7, 11) is 1.40. The Hall–Kier alpha value is -0.620. The summed E-state index contributed by atoms with van der Waals surface area (Å²) in [6.07, 6.45) is 0.411. The van der Waals surface area contributed by atoms with Gasteiger partial charge in [0.1, 0.15) is 0 Å². The van der Waals surface area contributed by atoms with E-state index >= 15 is 0 Å². The monoisotopic (exact) mass is 320 g/mol. The first-order valence-electron chi connectivity index (χ1n) is 6.12. The number of alkyl halides is 1. The molecule has 1 aliphatic rings. The summed E-state index contributed by atoms with van der Waals surface area (Å²) >= 11 is 3.39. The molecule has 1 heterocycles. The molecule has 18 heavy (non-hydrogen) atoms. The van der Waals surface area contributed by atoms with Crippen molar-refractivity contribution in [2.75, 3.05) is 39.8 Å². The van der Waals surface area contributed by atoms with Crippen molar-refractivity contribution in [3.05, 3.63) is 0 Å². The van der Waals surface area contributed by atoms with Crippen LogP contribution >= 0.6 is 15.9 Å². The number of rotatable bonds is 4. The number of carbonyl (C=O) groups is 2. The zero-order chi connectivity index (χ0) is 13.8. The van der Waals surface area contributed by atoms with Gasteiger partial charge in [0.05, 0.1) is 17.9 Å². The molecule has 0 atom stereocenters. The molecule has 0 radical (unpaired) electrons. The van der Waals surface area contributed by atoms with Gasteiger partial charge in [-0.1, -0.05) is 15.9 Å². The standard InChI is InChI=1S/C12H21BrN2O3/c1-12(2,13)11(17)15-8-6-14(7-9-15)5-4-10(16)18-3/h4-9H2,1-3H3. The first-order valence-corrected chi connectivity index (χ1v) is 6.91. The fourth-order valence-electron chi connectivity index (χ4n) is 1.90. The van der Waals surface area contributed by atoms with Crippen molar-refractivity contribution in [2.45, 2.75) is 24.6 Å². The van der Waals surface area contributed by atoms with E-state index in [2.05, 4.69) is 25.6 Å². The quantitative estimate of drug-likeness (QED) is 0.569. The third-order valence-electron chi connectivity index (χ3n) is 3.03. The van der Waals surface area contributed by atoms with Gasteiger partial charge in [-0.3, -0.25) is 14.5 Å². The molecular weight excluding hydrogens is 300 g/mol. The van der Waals surface area contributed by atoms with Crippen molar-refractivity contribution in [3.63, 3.8) is 0 Å². The third kappa shape index (κ3) is 4.57. The highest BCUT2D eigenvalue weighted by atomic mass is 79.9. The molecule has 1 aliphatic heterocycles. The van der Waals surface area contributed by atoms with Crippen molar-refractivity contribution < 1.29 is 14.3 Å². The largest absolute Gasteiger partial charge is 0.469 e. The summed E-state index contributed by atoms with van der Waals surface area (Å²) in [4.78, 5) is 27.1. The van der Waals surface area contributed by atoms with E-state index in [-0.39, 0.29) is 11.9 Å². The van der Waals surface area contributed by atoms with Crippen LogP contribution in [0.2, 0.25) is 0 Å². The smallest absolute Gasteiger partial charge is 0.306 e. The molecule has 104 valence electrons. The molecule has 0 bridgehead atoms. The third-order valence-corrected chi connectivity index (χ3v) is 3.37. The van der Waals surface area contributed by atoms with Crippen molar-refractivity contribution in [1.82, 2.24) is 9.80 Å². The molecule has 0 aromatic carbocycles. The number of piperazine rings is 1. The minimum atomic E-state index is -0.499. The number of hydrogen-bond acceptors (Lipinski definition) is 4. The molecule has 0 N–H and O–H groups in total. The second-order valence-electron chi connectivity index (χ2n) is 4.93. The lowest BCUT2D eigenvalue weighted by atomic mass is 10.1. The van der Waals surface area contributed by atoms with Crippen LogP contribution in [0.15, 0.2) is 0 Å². The van der Waals surface area contributed by atoms with Crippen LogP contribution in [0.5, 0.6) is 0 Å². The lowest BCUT2D eigenvalue weighted by Gasteiger charge is -2.37. The summed E-state index contributed by atoms with van der Waals surface area (Å²) in [6, 6.07) is 0. The molecular formula is C12H21BrN2O3. The number of hydrogen-bond donors (Lipinski definition) is 0. The van der Waals surface area contributed by atoms with Gasteiger partial charge >= 0.3 is 5.97 Å². The van der Waals surface area contributed by atoms with Gasteiger partial charge in [0.2, 0.25) is 5.91 Å². The fourth-order valence-corrected chi connectivity index (χ4v) is 2.15. The predicted molar refractivity (Wildman–Crippen MR) is 72.7 cm³/mol. The van der Waals surface area contributed by atoms with E-state index < -0.39 is 4.32 Å². The van der Waals surface area contributed by atoms with E-state index in [1.807, 2.05) is 18.7 Å². The average Bonchev–Trinajstić information content (AvgIpc) is 2.34. The minimum absolute atomic E-state index is 0.120. The lowest BCUT2D eigenvalue weighted by molar-refractivity contribution is -0.141. The Kier molecular flexibility index (Phi) is 5.59. The zero-order valence-corrected chi connectivity index (χ0v) is 12.8. The Labute approximate surface area is 117 Å². The molecule has 5 nitrogen and oxygen atoms in total. The number of methoxy groups -OCH3 is 1. The van der Waals surface area contributed by atoms with Crippen LogP contribution in [0.3, 0.4) is 0 Å². The van der Waals surface area contributed by atoms with Crippen molar-refractivity contribution in [2.24, 2.45) is 0 Å². The first-order chi connectivity index (χ1) is 8.34. The number of nitrogens with zero attached hydrogens (tertiary/aromatic N) is 2. The van der Waals surface area contributed by atoms with Crippen LogP contribution in [0.25, 0.3) is 0 Å². The first kappa shape index (κ1) is 15.4. The second kappa shape index (κ2) is 6.52. The number of ether oxygens (including phenoxy) is 1. The van der Waals surface area contributed by atoms with Gasteiger partial charge in [0.25, 0.3) is 0 Å². The van der Waals surface area contributed by atoms with Gasteiger partial charge in [-0.25, -0.2) is 0 Å². The van der Waals surface area contributed by atoms with E-state index in [1.165, 1.54) is 7.11 Å². The van der Waals surface area contributed by atoms with E-state index in [0.29, 0.717) is 13.0 Å². The van der Waals surface area contributed by atoms with Crippen LogP contribution in [0, 0.1) is 0 Å². The van der Waals surface area contributed by atoms with E-state index in [4.69, 9.17) is 0 Å². The Morgan fingerprint density at radius 1 is 1.22 bits per heavy atom. The molecule has 0 unspecified atom stereocenters. The van der Waals surface area contributed by atoms with Crippen molar-refractivity contribution in [3.8, 4) is 0 Å². The van der Waals surface area contributed by atoms with E-state index in [0.717, 1.165) is 26.2 Å². The summed E-state index contributed by atoms with van der Waals surface area (Å²) in [5, 5.41) is 0. The van der Waals surface area contributed by atoms with Crippen LogP contribution in [-0.4, -0.2) is 65.8 Å². The number of amides is 1. The molecule has 1 rings (SSSR count). The molecule has 6 heteroatoms. The van der Waals surface area contributed by atoms with Gasteiger partial charge in [-0.2, -0.15) is 0 Å². The zero-order valence-electron chi connectivity index (χ0n) is 11.2. The highest BCUT2D eigenvalue weighted by Gasteiger charge is 2.31. The van der Waals surface area contributed by atoms with Crippen LogP contribution in [0.1, 0.15) is 20.3 Å². The highest BCUT2D eigenvalue weighted by molar-refractivity contribution is 9.10. The van der Waals surface area contributed by atoms with Gasteiger partial charge in [0.15, 0.2) is 0 Å². The number of carbonyl (C=O) groups excluding carboxylic acids is 2. The van der Waals surface area contributed by atoms with Crippen LogP contribution < -0.4 is 0 Å². The van der Waals surface area contributed by atoms with Gasteiger partial charge in [-0.05, 0) is 13.8 Å². The second-order valence-corrected chi connectivity index (χ2v) is 6.91. The van der Waals surface area contributed by atoms with Gasteiger partial charge < -0.3 is 9.64 Å². The Morgan fingerprint density at radius 2 is 1.78 bits per heavy atom. The maximum atomic E-state index is 12.0. The molecule has 1 fully saturated rings. The summed E-state index contributed by atoms with van der Waals surface area (Å²) < 4.78 is 4.11. The topological polar surface area (TPSA) is 49.9 Å². The molecule has 0 aromatic rings. The van der Waals surface area contributed by atoms with Crippen LogP contribution in [0.4, 0.5) is 0 Å². The Bertz CT molecular complexity index is 307. The fraction of sp³-hybridized carbons (Fsp3) is 0.833. The summed E-state index contributed by atoms with van der Waals surface area (Å²) in [5.41, 5.74) is 0. The van der Waals surface area contributed by atoms with E-state index in [9.17, 15) is 9.59 Å². The normalized spacial score (nSPS) is 17.7. The van der Waals surface area contributed by atoms with Crippen molar-refractivity contribution >= 4 is 27.8 Å². The summed E-state index contributed by atoms with van der Waals surface area (Å²) in [6.45, 7) is 7.48. The molecule has 0 spiro atoms. The summed E-state index contributed by atoms with van der Waals surface area (Å²) in [5.74, 6) is -0.0646.